The molecular weight excluding hydrogens is 312 g/mol. The summed E-state index contributed by atoms with van der Waals surface area (Å²) in [4.78, 5) is 2.89. The Morgan fingerprint density at radius 2 is 2.23 bits per heavy atom. The van der Waals surface area contributed by atoms with Crippen LogP contribution < -0.4 is 10.5 Å². The monoisotopic (exact) mass is 327 g/mol. The predicted octanol–water partition coefficient (Wildman–Crippen LogP) is 1.99. The van der Waals surface area contributed by atoms with Crippen molar-refractivity contribution in [3.05, 3.63) is 46.0 Å². The van der Waals surface area contributed by atoms with E-state index in [9.17, 15) is 13.9 Å². The number of H-pyrrole nitrogens is 1. The normalized spacial score (nSPS) is 20.5. The Hall–Kier alpha value is -1.77. The Bertz CT molecular complexity index is 759. The SMILES string of the molecule is NCCc1c[nH]c(=S)n1[C@H]1COc2c(F)cc(F)cc2[C@@H]1O. The quantitative estimate of drug-likeness (QED) is 0.754. The number of fused-ring (bicyclic) bond motifs is 1. The molecule has 0 saturated heterocycles. The summed E-state index contributed by atoms with van der Waals surface area (Å²) in [7, 11) is 0. The molecule has 0 bridgehead atoms. The molecule has 0 spiro atoms. The molecule has 1 aromatic heterocycles. The van der Waals surface area contributed by atoms with E-state index in [1.165, 1.54) is 0 Å². The standard InChI is InChI=1S/C14H15F2N3O2S/c15-7-3-9-12(20)11(6-21-13(9)10(16)4-7)19-8(1-2-17)5-18-14(19)22/h3-5,11-12,20H,1-2,6,17H2,(H,18,22)/t11-,12-/m0/s1. The van der Waals surface area contributed by atoms with Gasteiger partial charge >= 0.3 is 0 Å². The highest BCUT2D eigenvalue weighted by molar-refractivity contribution is 7.71. The fourth-order valence-electron chi connectivity index (χ4n) is 2.75. The first-order chi connectivity index (χ1) is 10.5. The van der Waals surface area contributed by atoms with Crippen LogP contribution in [0, 0.1) is 16.4 Å². The first-order valence-electron chi connectivity index (χ1n) is 6.81. The Labute approximate surface area is 130 Å². The van der Waals surface area contributed by atoms with Crippen molar-refractivity contribution in [1.29, 1.82) is 0 Å². The minimum Gasteiger partial charge on any atom is -0.488 e. The molecular formula is C14H15F2N3O2S. The van der Waals surface area contributed by atoms with Gasteiger partial charge in [-0.2, -0.15) is 0 Å². The molecule has 2 aromatic rings. The Morgan fingerprint density at radius 3 is 2.95 bits per heavy atom. The zero-order valence-corrected chi connectivity index (χ0v) is 12.4. The van der Waals surface area contributed by atoms with Gasteiger partial charge in [-0.25, -0.2) is 8.78 Å². The molecule has 1 aliphatic heterocycles. The molecule has 5 nitrogen and oxygen atoms in total. The number of aromatic amines is 1. The summed E-state index contributed by atoms with van der Waals surface area (Å²) in [5.41, 5.74) is 6.45. The molecule has 1 aliphatic rings. The molecule has 0 aliphatic carbocycles. The van der Waals surface area contributed by atoms with Crippen molar-refractivity contribution < 1.29 is 18.6 Å². The lowest BCUT2D eigenvalue weighted by atomic mass is 9.98. The van der Waals surface area contributed by atoms with Crippen LogP contribution >= 0.6 is 12.2 Å². The van der Waals surface area contributed by atoms with E-state index in [4.69, 9.17) is 22.7 Å². The van der Waals surface area contributed by atoms with Crippen LogP contribution in [0.3, 0.4) is 0 Å². The fourth-order valence-corrected chi connectivity index (χ4v) is 3.07. The number of rotatable bonds is 3. The molecule has 0 radical (unpaired) electrons. The number of hydrogen-bond donors (Lipinski definition) is 3. The minimum absolute atomic E-state index is 0.0282. The van der Waals surface area contributed by atoms with E-state index < -0.39 is 23.8 Å². The molecule has 0 amide bonds. The van der Waals surface area contributed by atoms with E-state index in [0.29, 0.717) is 17.7 Å². The molecule has 22 heavy (non-hydrogen) atoms. The lowest BCUT2D eigenvalue weighted by Gasteiger charge is -2.32. The van der Waals surface area contributed by atoms with Gasteiger partial charge in [-0.3, -0.25) is 0 Å². The molecule has 0 unspecified atom stereocenters. The highest BCUT2D eigenvalue weighted by atomic mass is 32.1. The zero-order valence-electron chi connectivity index (χ0n) is 11.6. The molecule has 1 aromatic carbocycles. The molecule has 8 heteroatoms. The largest absolute Gasteiger partial charge is 0.488 e. The van der Waals surface area contributed by atoms with Gasteiger partial charge in [-0.1, -0.05) is 0 Å². The maximum Gasteiger partial charge on any atom is 0.177 e. The van der Waals surface area contributed by atoms with Crippen LogP contribution in [0.2, 0.25) is 0 Å². The van der Waals surface area contributed by atoms with Gasteiger partial charge in [0.15, 0.2) is 16.3 Å². The topological polar surface area (TPSA) is 76.2 Å². The van der Waals surface area contributed by atoms with Crippen molar-refractivity contribution >= 4 is 12.2 Å². The summed E-state index contributed by atoms with van der Waals surface area (Å²) in [6.45, 7) is 0.441. The van der Waals surface area contributed by atoms with Crippen molar-refractivity contribution in [3.8, 4) is 5.75 Å². The van der Waals surface area contributed by atoms with Crippen LogP contribution in [0.5, 0.6) is 5.75 Å². The maximum absolute atomic E-state index is 13.7. The highest BCUT2D eigenvalue weighted by Crippen LogP contribution is 2.40. The highest BCUT2D eigenvalue weighted by Gasteiger charge is 2.34. The third-order valence-corrected chi connectivity index (χ3v) is 4.06. The van der Waals surface area contributed by atoms with Crippen LogP contribution in [0.4, 0.5) is 8.78 Å². The number of aliphatic hydroxyl groups excluding tert-OH is 1. The van der Waals surface area contributed by atoms with E-state index in [1.54, 1.807) is 10.8 Å². The number of nitrogens with zero attached hydrogens (tertiary/aromatic N) is 1. The van der Waals surface area contributed by atoms with E-state index in [-0.39, 0.29) is 17.9 Å². The van der Waals surface area contributed by atoms with Crippen LogP contribution in [0.15, 0.2) is 18.3 Å². The number of aliphatic hydroxyl groups is 1. The van der Waals surface area contributed by atoms with Crippen LogP contribution in [0.1, 0.15) is 23.4 Å². The number of benzene rings is 1. The molecule has 2 heterocycles. The minimum atomic E-state index is -1.13. The second-order valence-corrected chi connectivity index (χ2v) is 5.51. The molecule has 0 fully saturated rings. The third-order valence-electron chi connectivity index (χ3n) is 3.74. The van der Waals surface area contributed by atoms with E-state index in [2.05, 4.69) is 4.98 Å². The third kappa shape index (κ3) is 2.43. The van der Waals surface area contributed by atoms with Gasteiger partial charge in [0.2, 0.25) is 0 Å². The van der Waals surface area contributed by atoms with Crippen molar-refractivity contribution in [3.63, 3.8) is 0 Å². The predicted molar refractivity (Wildman–Crippen MR) is 78.2 cm³/mol. The van der Waals surface area contributed by atoms with Gasteiger partial charge in [0.25, 0.3) is 0 Å². The Morgan fingerprint density at radius 1 is 1.45 bits per heavy atom. The molecule has 4 N–H and O–H groups in total. The van der Waals surface area contributed by atoms with Gasteiger partial charge in [0.05, 0.1) is 0 Å². The van der Waals surface area contributed by atoms with Gasteiger partial charge in [0.1, 0.15) is 24.6 Å². The summed E-state index contributed by atoms with van der Waals surface area (Å²) in [6, 6.07) is 1.23. The Kier molecular flexibility index (Phi) is 3.98. The number of hydrogen-bond acceptors (Lipinski definition) is 4. The second kappa shape index (κ2) is 5.79. The van der Waals surface area contributed by atoms with Crippen molar-refractivity contribution in [2.45, 2.75) is 18.6 Å². The summed E-state index contributed by atoms with van der Waals surface area (Å²) < 4.78 is 34.6. The smallest absolute Gasteiger partial charge is 0.177 e. The number of imidazole rings is 1. The molecule has 2 atom stereocenters. The molecule has 118 valence electrons. The van der Waals surface area contributed by atoms with Crippen LogP contribution in [-0.2, 0) is 6.42 Å². The van der Waals surface area contributed by atoms with Crippen LogP contribution in [-0.4, -0.2) is 27.8 Å². The number of aromatic nitrogens is 2. The van der Waals surface area contributed by atoms with Gasteiger partial charge < -0.3 is 25.1 Å². The number of ether oxygens (including phenoxy) is 1. The van der Waals surface area contributed by atoms with Crippen LogP contribution in [0.25, 0.3) is 0 Å². The van der Waals surface area contributed by atoms with Gasteiger partial charge in [0, 0.05) is 29.9 Å². The van der Waals surface area contributed by atoms with Gasteiger partial charge in [-0.15, -0.1) is 0 Å². The number of nitrogens with two attached hydrogens (primary N) is 1. The average molecular weight is 327 g/mol. The maximum atomic E-state index is 13.7. The Balaban J connectivity index is 2.05. The summed E-state index contributed by atoms with van der Waals surface area (Å²) in [6.07, 6.45) is 1.14. The summed E-state index contributed by atoms with van der Waals surface area (Å²) in [5.74, 6) is -1.71. The summed E-state index contributed by atoms with van der Waals surface area (Å²) in [5, 5.41) is 10.5. The molecule has 0 saturated carbocycles. The zero-order chi connectivity index (χ0) is 15.9. The number of halogens is 2. The molecule has 3 rings (SSSR count). The summed E-state index contributed by atoms with van der Waals surface area (Å²) >= 11 is 5.22. The number of nitrogens with one attached hydrogen (secondary N) is 1. The van der Waals surface area contributed by atoms with Crippen molar-refractivity contribution in [2.75, 3.05) is 13.2 Å². The van der Waals surface area contributed by atoms with E-state index in [0.717, 1.165) is 17.8 Å². The van der Waals surface area contributed by atoms with E-state index in [1.807, 2.05) is 0 Å². The van der Waals surface area contributed by atoms with E-state index >= 15 is 0 Å². The van der Waals surface area contributed by atoms with Crippen molar-refractivity contribution in [2.24, 2.45) is 5.73 Å². The van der Waals surface area contributed by atoms with Gasteiger partial charge in [-0.05, 0) is 24.8 Å². The first kappa shape index (κ1) is 15.1. The van der Waals surface area contributed by atoms with Crippen molar-refractivity contribution in [1.82, 2.24) is 9.55 Å². The lowest BCUT2D eigenvalue weighted by Crippen LogP contribution is -2.31. The lowest BCUT2D eigenvalue weighted by molar-refractivity contribution is 0.0520. The first-order valence-corrected chi connectivity index (χ1v) is 7.22. The fraction of sp³-hybridized carbons (Fsp3) is 0.357. The average Bonchev–Trinajstić information content (AvgIpc) is 2.82. The second-order valence-electron chi connectivity index (χ2n) is 5.12.